The molecule has 3 rings (SSSR count). The number of benzene rings is 1. The van der Waals surface area contributed by atoms with Crippen molar-refractivity contribution in [2.45, 2.75) is 30.6 Å². The first-order chi connectivity index (χ1) is 9.11. The van der Waals surface area contributed by atoms with E-state index in [9.17, 15) is 0 Å². The van der Waals surface area contributed by atoms with Crippen LogP contribution in [-0.2, 0) is 13.0 Å². The SMILES string of the molecule is CN(Cc1cc(Br)cc2c1OCC2)CC1CC(Br)C1. The first-order valence-electron chi connectivity index (χ1n) is 6.88. The van der Waals surface area contributed by atoms with Gasteiger partial charge in [0.2, 0.25) is 0 Å². The van der Waals surface area contributed by atoms with Gasteiger partial charge in [-0.05, 0) is 43.5 Å². The summed E-state index contributed by atoms with van der Waals surface area (Å²) in [5, 5.41) is 0. The van der Waals surface area contributed by atoms with Crippen molar-refractivity contribution in [3.63, 3.8) is 0 Å². The standard InChI is InChI=1S/C15H19Br2NO/c1-18(8-10-4-13(16)5-10)9-12-7-14(17)6-11-2-3-19-15(11)12/h6-7,10,13H,2-5,8-9H2,1H3. The third kappa shape index (κ3) is 3.17. The van der Waals surface area contributed by atoms with Gasteiger partial charge in [-0.3, -0.25) is 0 Å². The van der Waals surface area contributed by atoms with Crippen molar-refractivity contribution in [2.24, 2.45) is 5.92 Å². The summed E-state index contributed by atoms with van der Waals surface area (Å²) in [6.45, 7) is 2.99. The summed E-state index contributed by atoms with van der Waals surface area (Å²) in [4.78, 5) is 3.18. The zero-order valence-electron chi connectivity index (χ0n) is 11.2. The Morgan fingerprint density at radius 1 is 1.37 bits per heavy atom. The van der Waals surface area contributed by atoms with Gasteiger partial charge in [0.1, 0.15) is 5.75 Å². The molecule has 1 aliphatic heterocycles. The molecule has 1 aromatic rings. The monoisotopic (exact) mass is 387 g/mol. The van der Waals surface area contributed by atoms with Gasteiger partial charge in [0, 0.05) is 34.4 Å². The molecule has 0 spiro atoms. The molecule has 0 bridgehead atoms. The highest BCUT2D eigenvalue weighted by atomic mass is 79.9. The summed E-state index contributed by atoms with van der Waals surface area (Å²) < 4.78 is 6.96. The second kappa shape index (κ2) is 5.74. The van der Waals surface area contributed by atoms with Crippen LogP contribution < -0.4 is 4.74 Å². The number of ether oxygens (including phenoxy) is 1. The van der Waals surface area contributed by atoms with Crippen LogP contribution in [0.2, 0.25) is 0 Å². The van der Waals surface area contributed by atoms with Crippen LogP contribution in [0.25, 0.3) is 0 Å². The van der Waals surface area contributed by atoms with Crippen molar-refractivity contribution in [3.05, 3.63) is 27.7 Å². The smallest absolute Gasteiger partial charge is 0.127 e. The fourth-order valence-electron chi connectivity index (χ4n) is 3.06. The molecule has 0 radical (unpaired) electrons. The van der Waals surface area contributed by atoms with E-state index < -0.39 is 0 Å². The van der Waals surface area contributed by atoms with Crippen molar-refractivity contribution in [1.29, 1.82) is 0 Å². The van der Waals surface area contributed by atoms with Gasteiger partial charge in [-0.25, -0.2) is 0 Å². The molecule has 0 aromatic heterocycles. The third-order valence-electron chi connectivity index (χ3n) is 4.01. The van der Waals surface area contributed by atoms with Crippen LogP contribution in [0.5, 0.6) is 5.75 Å². The first kappa shape index (κ1) is 13.9. The Kier molecular flexibility index (Phi) is 4.20. The van der Waals surface area contributed by atoms with Crippen molar-refractivity contribution in [1.82, 2.24) is 4.90 Å². The molecule has 2 aliphatic rings. The average molecular weight is 389 g/mol. The van der Waals surface area contributed by atoms with E-state index in [2.05, 4.69) is 55.9 Å². The highest BCUT2D eigenvalue weighted by Gasteiger charge is 2.28. The molecule has 2 nitrogen and oxygen atoms in total. The van der Waals surface area contributed by atoms with Gasteiger partial charge in [-0.1, -0.05) is 31.9 Å². The van der Waals surface area contributed by atoms with Gasteiger partial charge in [-0.2, -0.15) is 0 Å². The summed E-state index contributed by atoms with van der Waals surface area (Å²) in [7, 11) is 2.21. The second-order valence-electron chi connectivity index (χ2n) is 5.78. The van der Waals surface area contributed by atoms with E-state index in [4.69, 9.17) is 4.74 Å². The van der Waals surface area contributed by atoms with E-state index in [1.807, 2.05) is 0 Å². The molecular weight excluding hydrogens is 370 g/mol. The molecule has 1 heterocycles. The number of fused-ring (bicyclic) bond motifs is 1. The van der Waals surface area contributed by atoms with Crippen molar-refractivity contribution in [3.8, 4) is 5.75 Å². The third-order valence-corrected chi connectivity index (χ3v) is 5.22. The van der Waals surface area contributed by atoms with Crippen LogP contribution in [0.4, 0.5) is 0 Å². The van der Waals surface area contributed by atoms with Crippen LogP contribution in [0.1, 0.15) is 24.0 Å². The van der Waals surface area contributed by atoms with E-state index in [0.717, 1.165) is 36.1 Å². The van der Waals surface area contributed by atoms with Crippen LogP contribution in [0.15, 0.2) is 16.6 Å². The Hall–Kier alpha value is -0.0600. The molecule has 0 amide bonds. The van der Waals surface area contributed by atoms with Gasteiger partial charge < -0.3 is 9.64 Å². The molecule has 0 saturated heterocycles. The second-order valence-corrected chi connectivity index (χ2v) is 7.99. The zero-order chi connectivity index (χ0) is 13.4. The van der Waals surface area contributed by atoms with Crippen molar-refractivity contribution >= 4 is 31.9 Å². The van der Waals surface area contributed by atoms with Crippen LogP contribution in [0, 0.1) is 5.92 Å². The summed E-state index contributed by atoms with van der Waals surface area (Å²) >= 11 is 7.27. The molecular formula is C15H19Br2NO. The molecule has 104 valence electrons. The van der Waals surface area contributed by atoms with Gasteiger partial charge in [0.05, 0.1) is 6.61 Å². The van der Waals surface area contributed by atoms with E-state index in [1.54, 1.807) is 0 Å². The predicted octanol–water partition coefficient (Wildman–Crippen LogP) is 3.99. The maximum absolute atomic E-state index is 5.79. The Labute approximate surface area is 131 Å². The number of hydrogen-bond acceptors (Lipinski definition) is 2. The fourth-order valence-corrected chi connectivity index (χ4v) is 4.67. The van der Waals surface area contributed by atoms with Crippen LogP contribution in [-0.4, -0.2) is 29.9 Å². The number of halogens is 2. The Bertz CT molecular complexity index is 471. The number of hydrogen-bond donors (Lipinski definition) is 0. The first-order valence-corrected chi connectivity index (χ1v) is 8.59. The van der Waals surface area contributed by atoms with Gasteiger partial charge in [0.15, 0.2) is 0 Å². The van der Waals surface area contributed by atoms with Crippen LogP contribution >= 0.6 is 31.9 Å². The molecule has 0 N–H and O–H groups in total. The number of nitrogens with zero attached hydrogens (tertiary/aromatic N) is 1. The molecule has 1 aromatic carbocycles. The highest BCUT2D eigenvalue weighted by Crippen LogP contribution is 2.36. The Balaban J connectivity index is 1.66. The number of rotatable bonds is 4. The van der Waals surface area contributed by atoms with Crippen molar-refractivity contribution < 1.29 is 4.74 Å². The molecule has 4 heteroatoms. The Morgan fingerprint density at radius 2 is 2.16 bits per heavy atom. The quantitative estimate of drug-likeness (QED) is 0.723. The minimum atomic E-state index is 0.754. The largest absolute Gasteiger partial charge is 0.493 e. The molecule has 1 aliphatic carbocycles. The summed E-state index contributed by atoms with van der Waals surface area (Å²) in [6.07, 6.45) is 3.67. The van der Waals surface area contributed by atoms with Gasteiger partial charge >= 0.3 is 0 Å². The topological polar surface area (TPSA) is 12.5 Å². The Morgan fingerprint density at radius 3 is 2.89 bits per heavy atom. The lowest BCUT2D eigenvalue weighted by atomic mass is 9.85. The predicted molar refractivity (Wildman–Crippen MR) is 85.1 cm³/mol. The summed E-state index contributed by atoms with van der Waals surface area (Å²) in [6, 6.07) is 4.39. The lowest BCUT2D eigenvalue weighted by molar-refractivity contribution is 0.206. The highest BCUT2D eigenvalue weighted by molar-refractivity contribution is 9.10. The van der Waals surface area contributed by atoms with E-state index in [0.29, 0.717) is 0 Å². The van der Waals surface area contributed by atoms with E-state index in [-0.39, 0.29) is 0 Å². The molecule has 19 heavy (non-hydrogen) atoms. The molecule has 1 fully saturated rings. The van der Waals surface area contributed by atoms with Gasteiger partial charge in [0.25, 0.3) is 0 Å². The normalized spacial score (nSPS) is 25.1. The average Bonchev–Trinajstić information content (AvgIpc) is 2.74. The maximum Gasteiger partial charge on any atom is 0.127 e. The zero-order valence-corrected chi connectivity index (χ0v) is 14.3. The molecule has 0 unspecified atom stereocenters. The summed E-state index contributed by atoms with van der Waals surface area (Å²) in [5.41, 5.74) is 2.67. The van der Waals surface area contributed by atoms with E-state index in [1.165, 1.54) is 35.0 Å². The minimum Gasteiger partial charge on any atom is -0.493 e. The summed E-state index contributed by atoms with van der Waals surface area (Å²) in [5.74, 6) is 1.98. The molecule has 0 atom stereocenters. The lowest BCUT2D eigenvalue weighted by Gasteiger charge is -2.34. The fraction of sp³-hybridized carbons (Fsp3) is 0.600. The maximum atomic E-state index is 5.79. The molecule has 1 saturated carbocycles. The van der Waals surface area contributed by atoms with Crippen molar-refractivity contribution in [2.75, 3.05) is 20.2 Å². The lowest BCUT2D eigenvalue weighted by Crippen LogP contribution is -2.34. The minimum absolute atomic E-state index is 0.754. The van der Waals surface area contributed by atoms with Gasteiger partial charge in [-0.15, -0.1) is 0 Å². The van der Waals surface area contributed by atoms with Crippen LogP contribution in [0.3, 0.4) is 0 Å². The number of alkyl halides is 1. The van der Waals surface area contributed by atoms with E-state index >= 15 is 0 Å².